The molecule has 0 atom stereocenters. The van der Waals surface area contributed by atoms with Gasteiger partial charge in [0.25, 0.3) is 5.91 Å². The van der Waals surface area contributed by atoms with Crippen molar-refractivity contribution in [3.63, 3.8) is 0 Å². The molecular weight excluding hydrogens is 386 g/mol. The molecule has 0 aliphatic carbocycles. The van der Waals surface area contributed by atoms with E-state index in [0.29, 0.717) is 34.8 Å². The number of benzene rings is 1. The highest BCUT2D eigenvalue weighted by molar-refractivity contribution is 5.96. The molecule has 0 saturated heterocycles. The van der Waals surface area contributed by atoms with Gasteiger partial charge >= 0.3 is 0 Å². The van der Waals surface area contributed by atoms with E-state index in [0.717, 1.165) is 11.3 Å². The summed E-state index contributed by atoms with van der Waals surface area (Å²) in [4.78, 5) is 30.1. The molecule has 0 saturated carbocycles. The molecule has 0 aliphatic rings. The second kappa shape index (κ2) is 8.86. The quantitative estimate of drug-likeness (QED) is 0.643. The summed E-state index contributed by atoms with van der Waals surface area (Å²) in [5, 5.41) is 3.22. The summed E-state index contributed by atoms with van der Waals surface area (Å²) >= 11 is 0. The number of amides is 1. The number of nitrogens with one attached hydrogen (secondary N) is 1. The number of methoxy groups -OCH3 is 3. The lowest BCUT2D eigenvalue weighted by atomic mass is 10.1. The fourth-order valence-corrected chi connectivity index (χ4v) is 3.28. The third-order valence-electron chi connectivity index (χ3n) is 4.82. The predicted octanol–water partition coefficient (Wildman–Crippen LogP) is 2.68. The second-order valence-corrected chi connectivity index (χ2v) is 6.70. The van der Waals surface area contributed by atoms with Crippen LogP contribution in [0.4, 0.5) is 0 Å². The summed E-state index contributed by atoms with van der Waals surface area (Å²) in [6.07, 6.45) is 1.56. The lowest BCUT2D eigenvalue weighted by Crippen LogP contribution is -2.29. The fourth-order valence-electron chi connectivity index (χ4n) is 3.28. The van der Waals surface area contributed by atoms with E-state index < -0.39 is 5.91 Å². The summed E-state index contributed by atoms with van der Waals surface area (Å²) in [5.74, 6) is 0.986. The number of hydrogen-bond acceptors (Lipinski definition) is 6. The SMILES string of the molecule is CCn1cc(C(=O)NCc2cc(OC)c(OC)c(OC)c2)c(=O)c2ccc(C)nc21. The van der Waals surface area contributed by atoms with E-state index in [-0.39, 0.29) is 17.5 Å². The van der Waals surface area contributed by atoms with E-state index in [1.807, 2.05) is 13.8 Å². The highest BCUT2D eigenvalue weighted by Gasteiger charge is 2.17. The first-order valence-corrected chi connectivity index (χ1v) is 9.51. The van der Waals surface area contributed by atoms with Gasteiger partial charge in [-0.25, -0.2) is 4.98 Å². The lowest BCUT2D eigenvalue weighted by Gasteiger charge is -2.15. The van der Waals surface area contributed by atoms with Crippen LogP contribution in [0.3, 0.4) is 0 Å². The highest BCUT2D eigenvalue weighted by atomic mass is 16.5. The van der Waals surface area contributed by atoms with Gasteiger partial charge in [-0.15, -0.1) is 0 Å². The van der Waals surface area contributed by atoms with Crippen LogP contribution in [0.5, 0.6) is 17.2 Å². The third-order valence-corrected chi connectivity index (χ3v) is 4.82. The molecular formula is C22H25N3O5. The van der Waals surface area contributed by atoms with E-state index in [1.54, 1.807) is 35.0 Å². The number of hydrogen-bond donors (Lipinski definition) is 1. The summed E-state index contributed by atoms with van der Waals surface area (Å²) in [6.45, 7) is 4.57. The Morgan fingerprint density at radius 3 is 2.33 bits per heavy atom. The zero-order chi connectivity index (χ0) is 21.8. The summed E-state index contributed by atoms with van der Waals surface area (Å²) < 4.78 is 17.8. The Hall–Kier alpha value is -3.55. The first-order valence-electron chi connectivity index (χ1n) is 9.51. The molecule has 30 heavy (non-hydrogen) atoms. The molecule has 1 aromatic carbocycles. The van der Waals surface area contributed by atoms with Gasteiger partial charge in [-0.2, -0.15) is 0 Å². The third kappa shape index (κ3) is 3.94. The number of ether oxygens (including phenoxy) is 3. The first kappa shape index (κ1) is 21.2. The van der Waals surface area contributed by atoms with Gasteiger partial charge in [0.15, 0.2) is 11.5 Å². The summed E-state index contributed by atoms with van der Waals surface area (Å²) in [6, 6.07) is 6.97. The largest absolute Gasteiger partial charge is 0.493 e. The van der Waals surface area contributed by atoms with Crippen molar-refractivity contribution in [2.75, 3.05) is 21.3 Å². The van der Waals surface area contributed by atoms with Crippen LogP contribution in [0.2, 0.25) is 0 Å². The average Bonchev–Trinajstić information content (AvgIpc) is 2.76. The number of carbonyl (C=O) groups excluding carboxylic acids is 1. The minimum absolute atomic E-state index is 0.0717. The van der Waals surface area contributed by atoms with E-state index in [9.17, 15) is 9.59 Å². The van der Waals surface area contributed by atoms with E-state index >= 15 is 0 Å². The van der Waals surface area contributed by atoms with E-state index in [4.69, 9.17) is 14.2 Å². The molecule has 0 fully saturated rings. The summed E-state index contributed by atoms with van der Waals surface area (Å²) in [5.41, 5.74) is 1.85. The normalized spacial score (nSPS) is 10.7. The Kier molecular flexibility index (Phi) is 6.25. The standard InChI is InChI=1S/C22H25N3O5/c1-6-25-12-16(19(26)15-8-7-13(2)24-21(15)25)22(27)23-11-14-9-17(28-3)20(30-5)18(10-14)29-4/h7-10,12H,6,11H2,1-5H3,(H,23,27). The molecule has 3 aromatic rings. The molecule has 0 spiro atoms. The van der Waals surface area contributed by atoms with Crippen LogP contribution in [0.25, 0.3) is 11.0 Å². The zero-order valence-corrected chi connectivity index (χ0v) is 17.7. The lowest BCUT2D eigenvalue weighted by molar-refractivity contribution is 0.0949. The number of aryl methyl sites for hydroxylation is 2. The Morgan fingerprint density at radius 1 is 1.10 bits per heavy atom. The molecule has 158 valence electrons. The van der Waals surface area contributed by atoms with Gasteiger partial charge in [0.1, 0.15) is 11.2 Å². The number of carbonyl (C=O) groups is 1. The highest BCUT2D eigenvalue weighted by Crippen LogP contribution is 2.38. The predicted molar refractivity (Wildman–Crippen MR) is 114 cm³/mol. The van der Waals surface area contributed by atoms with Crippen LogP contribution >= 0.6 is 0 Å². The number of aromatic nitrogens is 2. The van der Waals surface area contributed by atoms with Gasteiger partial charge < -0.3 is 24.1 Å². The van der Waals surface area contributed by atoms with Crippen LogP contribution in [0.1, 0.15) is 28.5 Å². The van der Waals surface area contributed by atoms with Crippen LogP contribution in [0, 0.1) is 6.92 Å². The molecule has 8 heteroatoms. The fraction of sp³-hybridized carbons (Fsp3) is 0.318. The average molecular weight is 411 g/mol. The topological polar surface area (TPSA) is 91.7 Å². The maximum atomic E-state index is 12.9. The van der Waals surface area contributed by atoms with E-state index in [1.165, 1.54) is 21.3 Å². The van der Waals surface area contributed by atoms with Crippen molar-refractivity contribution in [2.24, 2.45) is 0 Å². The zero-order valence-electron chi connectivity index (χ0n) is 17.7. The van der Waals surface area contributed by atoms with Crippen molar-refractivity contribution in [3.05, 3.63) is 57.5 Å². The van der Waals surface area contributed by atoms with Gasteiger partial charge in [0.2, 0.25) is 11.2 Å². The minimum atomic E-state index is -0.460. The molecule has 0 radical (unpaired) electrons. The smallest absolute Gasteiger partial charge is 0.257 e. The van der Waals surface area contributed by atoms with Crippen molar-refractivity contribution in [3.8, 4) is 17.2 Å². The molecule has 2 aromatic heterocycles. The number of nitrogens with zero attached hydrogens (tertiary/aromatic N) is 2. The monoisotopic (exact) mass is 411 g/mol. The molecule has 2 heterocycles. The van der Waals surface area contributed by atoms with Crippen molar-refractivity contribution in [1.29, 1.82) is 0 Å². The van der Waals surface area contributed by atoms with Crippen LogP contribution in [-0.2, 0) is 13.1 Å². The molecule has 0 aliphatic heterocycles. The second-order valence-electron chi connectivity index (χ2n) is 6.70. The van der Waals surface area contributed by atoms with Gasteiger partial charge in [-0.05, 0) is 43.7 Å². The molecule has 8 nitrogen and oxygen atoms in total. The van der Waals surface area contributed by atoms with Gasteiger partial charge in [0.05, 0.1) is 26.7 Å². The van der Waals surface area contributed by atoms with Crippen molar-refractivity contribution >= 4 is 16.9 Å². The molecule has 1 amide bonds. The molecule has 0 bridgehead atoms. The summed E-state index contributed by atoms with van der Waals surface area (Å²) in [7, 11) is 4.58. The van der Waals surface area contributed by atoms with Crippen molar-refractivity contribution in [2.45, 2.75) is 26.9 Å². The van der Waals surface area contributed by atoms with Crippen LogP contribution < -0.4 is 25.0 Å². The van der Waals surface area contributed by atoms with Gasteiger partial charge in [-0.1, -0.05) is 0 Å². The van der Waals surface area contributed by atoms with E-state index in [2.05, 4.69) is 10.3 Å². The number of fused-ring (bicyclic) bond motifs is 1. The first-order chi connectivity index (χ1) is 14.4. The Labute approximate surface area is 174 Å². The Morgan fingerprint density at radius 2 is 1.77 bits per heavy atom. The minimum Gasteiger partial charge on any atom is -0.493 e. The van der Waals surface area contributed by atoms with Crippen molar-refractivity contribution in [1.82, 2.24) is 14.9 Å². The van der Waals surface area contributed by atoms with Crippen LogP contribution in [-0.4, -0.2) is 36.8 Å². The molecule has 3 rings (SSSR count). The number of pyridine rings is 2. The Bertz CT molecular complexity index is 1130. The molecule has 0 unspecified atom stereocenters. The maximum absolute atomic E-state index is 12.9. The van der Waals surface area contributed by atoms with Gasteiger partial charge in [-0.3, -0.25) is 9.59 Å². The van der Waals surface area contributed by atoms with Crippen LogP contribution in [0.15, 0.2) is 35.3 Å². The maximum Gasteiger partial charge on any atom is 0.257 e. The Balaban J connectivity index is 1.92. The molecule has 1 N–H and O–H groups in total. The van der Waals surface area contributed by atoms with Crippen molar-refractivity contribution < 1.29 is 19.0 Å². The van der Waals surface area contributed by atoms with Gasteiger partial charge in [0, 0.05) is 25.0 Å². The number of rotatable bonds is 7.